The van der Waals surface area contributed by atoms with Gasteiger partial charge in [-0.05, 0) is 51.8 Å². The summed E-state index contributed by atoms with van der Waals surface area (Å²) in [5.74, 6) is -4.97. The molecule has 0 aliphatic carbocycles. The number of hydrogen-bond acceptors (Lipinski definition) is 19. The summed E-state index contributed by atoms with van der Waals surface area (Å²) in [4.78, 5) is 119. The van der Waals surface area contributed by atoms with Crippen LogP contribution in [-0.4, -0.2) is 101 Å². The number of unbranched alkanes of at least 4 members (excludes halogenated alkanes) is 24. The van der Waals surface area contributed by atoms with Crippen LogP contribution in [0.1, 0.15) is 259 Å². The molecule has 23 heteroatoms. The molecule has 1 fully saturated rings. The summed E-state index contributed by atoms with van der Waals surface area (Å²) < 4.78 is 63.2. The van der Waals surface area contributed by atoms with Gasteiger partial charge in [0.15, 0.2) is 24.5 Å². The van der Waals surface area contributed by atoms with E-state index in [9.17, 15) is 43.2 Å². The average Bonchev–Trinajstić information content (AvgIpc) is 3.14. The van der Waals surface area contributed by atoms with E-state index in [1.807, 2.05) is 0 Å². The number of phosphoric ester groups is 1. The summed E-state index contributed by atoms with van der Waals surface area (Å²) in [5, 5.41) is 2.42. The van der Waals surface area contributed by atoms with Crippen molar-refractivity contribution >= 4 is 72.4 Å². The van der Waals surface area contributed by atoms with Crippen LogP contribution in [0.5, 0.6) is 5.75 Å². The molecule has 1 aromatic carbocycles. The van der Waals surface area contributed by atoms with Crippen LogP contribution in [0.15, 0.2) is 41.3 Å². The zero-order chi connectivity index (χ0) is 64.4. The lowest BCUT2D eigenvalue weighted by molar-refractivity contribution is -0.169. The number of hydrogen-bond donors (Lipinski definition) is 1. The number of anilines is 1. The minimum absolute atomic E-state index is 0.0184. The maximum atomic E-state index is 15.1. The van der Waals surface area contributed by atoms with Gasteiger partial charge < -0.3 is 47.9 Å². The molecule has 0 saturated carbocycles. The average molecular weight is 1280 g/mol. The van der Waals surface area contributed by atoms with E-state index in [2.05, 4.69) is 24.1 Å². The van der Waals surface area contributed by atoms with E-state index in [-0.39, 0.29) is 72.5 Å². The molecule has 0 bridgehead atoms. The number of aromatic nitrogens is 2. The lowest BCUT2D eigenvalue weighted by atomic mass is 10.0. The number of rotatable bonds is 52. The van der Waals surface area contributed by atoms with Crippen LogP contribution < -0.4 is 15.5 Å². The van der Waals surface area contributed by atoms with Gasteiger partial charge in [0.2, 0.25) is 5.91 Å². The number of benzene rings is 1. The Balaban J connectivity index is 1.87. The maximum absolute atomic E-state index is 15.1. The minimum Gasteiger partial charge on any atom is -0.462 e. The van der Waals surface area contributed by atoms with Crippen LogP contribution in [0.25, 0.3) is 0 Å². The lowest BCUT2D eigenvalue weighted by Crippen LogP contribution is -2.42. The van der Waals surface area contributed by atoms with Crippen molar-refractivity contribution in [2.45, 2.75) is 284 Å². The van der Waals surface area contributed by atoms with Crippen LogP contribution in [0.2, 0.25) is 5.02 Å². The molecule has 496 valence electrons. The first kappa shape index (κ1) is 76.9. The van der Waals surface area contributed by atoms with Gasteiger partial charge in [0.05, 0.1) is 24.5 Å². The van der Waals surface area contributed by atoms with Gasteiger partial charge in [-0.25, -0.2) is 9.36 Å². The Kier molecular flexibility index (Phi) is 40.1. The summed E-state index contributed by atoms with van der Waals surface area (Å²) in [6.45, 7) is 6.24. The van der Waals surface area contributed by atoms with Crippen molar-refractivity contribution in [2.24, 2.45) is 0 Å². The van der Waals surface area contributed by atoms with E-state index >= 15 is 4.57 Å². The standard InChI is InChI=1S/C65H101ClN3O18P/c1-6-8-10-12-14-16-18-20-22-24-26-28-30-36-58(74)80-46-52(83-59(75)37-31-29-27-25-23-21-19-17-15-13-11-9-7-2)47-81-88(79,87-54-35-33-32-34-53(54)66)82-48-55-62(85-60(76)42-39-50(4)71)63(86-61(77)43-40-51(5)72)64(84-55)69-45-44-56(68-65(69)78)67-57(73)41-38-49(3)70/h32-35,44-45,52,55,62-64H,6-31,36-43,46-48H2,1-5H3,(H,67,68,73,78)/t52-,55-,62-,63+,64-,88?/m1/s1. The number of nitrogens with one attached hydrogen (secondary N) is 1. The Morgan fingerprint density at radius 2 is 1.03 bits per heavy atom. The second-order valence-electron chi connectivity index (χ2n) is 23.0. The van der Waals surface area contributed by atoms with Crippen LogP contribution in [-0.2, 0) is 75.7 Å². The van der Waals surface area contributed by atoms with Gasteiger partial charge >= 0.3 is 37.4 Å². The van der Waals surface area contributed by atoms with Crippen molar-refractivity contribution in [2.75, 3.05) is 25.1 Å². The molecule has 88 heavy (non-hydrogen) atoms. The van der Waals surface area contributed by atoms with E-state index in [1.54, 1.807) is 6.07 Å². The monoisotopic (exact) mass is 1280 g/mol. The predicted octanol–water partition coefficient (Wildman–Crippen LogP) is 14.3. The molecule has 1 amide bonds. The molecule has 0 spiro atoms. The fourth-order valence-corrected chi connectivity index (χ4v) is 11.2. The Labute approximate surface area is 526 Å². The van der Waals surface area contributed by atoms with Gasteiger partial charge in [0.1, 0.15) is 48.2 Å². The van der Waals surface area contributed by atoms with Gasteiger partial charge in [-0.2, -0.15) is 4.98 Å². The highest BCUT2D eigenvalue weighted by Crippen LogP contribution is 2.52. The maximum Gasteiger partial charge on any atom is 0.530 e. The smallest absolute Gasteiger partial charge is 0.462 e. The molecule has 1 unspecified atom stereocenters. The summed E-state index contributed by atoms with van der Waals surface area (Å²) in [6.07, 6.45) is 21.0. The number of Topliss-reactive ketones (excluding diaryl/α,β-unsaturated/α-hetero) is 3. The highest BCUT2D eigenvalue weighted by Gasteiger charge is 2.52. The van der Waals surface area contributed by atoms with Crippen LogP contribution in [0, 0.1) is 0 Å². The number of amides is 1. The molecule has 2 heterocycles. The van der Waals surface area contributed by atoms with Crippen molar-refractivity contribution < 1.29 is 80.2 Å². The number of para-hydroxylation sites is 1. The summed E-state index contributed by atoms with van der Waals surface area (Å²) in [5.41, 5.74) is -1.06. The molecular formula is C65H101ClN3O18P. The van der Waals surface area contributed by atoms with Gasteiger partial charge in [-0.1, -0.05) is 192 Å². The van der Waals surface area contributed by atoms with E-state index in [4.69, 9.17) is 48.9 Å². The summed E-state index contributed by atoms with van der Waals surface area (Å²) >= 11 is 6.49. The van der Waals surface area contributed by atoms with Crippen molar-refractivity contribution in [1.82, 2.24) is 9.55 Å². The fourth-order valence-electron chi connectivity index (χ4n) is 9.74. The van der Waals surface area contributed by atoms with E-state index in [0.29, 0.717) is 12.8 Å². The first-order valence-corrected chi connectivity index (χ1v) is 34.3. The van der Waals surface area contributed by atoms with Crippen LogP contribution in [0.3, 0.4) is 0 Å². The zero-order valence-corrected chi connectivity index (χ0v) is 54.7. The molecule has 1 aliphatic heterocycles. The molecular weight excluding hydrogens is 1180 g/mol. The quantitative estimate of drug-likeness (QED) is 0.0279. The lowest BCUT2D eigenvalue weighted by Gasteiger charge is -2.26. The number of ketones is 3. The number of nitrogens with zero attached hydrogens (tertiary/aromatic N) is 2. The fraction of sp³-hybridized carbons (Fsp3) is 0.723. The Hall–Kier alpha value is -5.34. The SMILES string of the molecule is CCCCCCCCCCCCCCCC(=O)OC[C@H](COP(=O)(OC[C@H]1O[C@@H](n2ccc(NC(=O)CCC(C)=O)nc2=O)[C@@H](OC(=O)CCC(C)=O)[C@@H]1OC(=O)CCC(C)=O)Oc1ccccc1Cl)OC(=O)CCCCCCCCCCCCCCC. The van der Waals surface area contributed by atoms with Crippen molar-refractivity contribution in [3.8, 4) is 5.75 Å². The number of phosphoric acid groups is 1. The number of ether oxygens (including phenoxy) is 5. The van der Waals surface area contributed by atoms with Gasteiger partial charge in [0.25, 0.3) is 0 Å². The first-order chi connectivity index (χ1) is 42.3. The van der Waals surface area contributed by atoms with Crippen molar-refractivity contribution in [1.29, 1.82) is 0 Å². The van der Waals surface area contributed by atoms with Crippen molar-refractivity contribution in [3.05, 3.63) is 52.0 Å². The number of carbonyl (C=O) groups is 8. The highest BCUT2D eigenvalue weighted by molar-refractivity contribution is 7.49. The molecule has 1 saturated heterocycles. The summed E-state index contributed by atoms with van der Waals surface area (Å²) in [7, 11) is -5.02. The van der Waals surface area contributed by atoms with Gasteiger partial charge in [0, 0.05) is 44.7 Å². The van der Waals surface area contributed by atoms with Crippen molar-refractivity contribution in [3.63, 3.8) is 0 Å². The number of esters is 4. The Bertz CT molecular complexity index is 2530. The summed E-state index contributed by atoms with van der Waals surface area (Å²) in [6, 6.07) is 7.16. The third-order valence-corrected chi connectivity index (χ3v) is 16.5. The Morgan fingerprint density at radius 1 is 0.568 bits per heavy atom. The molecule has 1 aliphatic rings. The molecule has 1 N–H and O–H groups in total. The topological polar surface area (TPSA) is 274 Å². The molecule has 1 aromatic heterocycles. The minimum atomic E-state index is -5.02. The molecule has 3 rings (SSSR count). The Morgan fingerprint density at radius 3 is 1.52 bits per heavy atom. The van der Waals surface area contributed by atoms with Crippen LogP contribution >= 0.6 is 19.4 Å². The molecule has 0 radical (unpaired) electrons. The third-order valence-electron chi connectivity index (χ3n) is 14.8. The second-order valence-corrected chi connectivity index (χ2v) is 25.0. The van der Waals surface area contributed by atoms with E-state index < -0.39 is 107 Å². The van der Waals surface area contributed by atoms with E-state index in [0.717, 1.165) is 62.1 Å². The number of carbonyl (C=O) groups excluding carboxylic acids is 8. The predicted molar refractivity (Wildman–Crippen MR) is 334 cm³/mol. The largest absolute Gasteiger partial charge is 0.530 e. The highest BCUT2D eigenvalue weighted by atomic mass is 35.5. The van der Waals surface area contributed by atoms with E-state index in [1.165, 1.54) is 148 Å². The molecule has 2 aromatic rings. The molecule has 6 atom stereocenters. The second kappa shape index (κ2) is 45.8. The number of halogens is 1. The van der Waals surface area contributed by atoms with Gasteiger partial charge in [-0.3, -0.25) is 37.6 Å². The zero-order valence-electron chi connectivity index (χ0n) is 53.1. The normalized spacial score (nSPS) is 16.5. The van der Waals surface area contributed by atoms with Crippen LogP contribution in [0.4, 0.5) is 5.82 Å². The van der Waals surface area contributed by atoms with Gasteiger partial charge in [-0.15, -0.1) is 0 Å². The first-order valence-electron chi connectivity index (χ1n) is 32.4. The molecule has 21 nitrogen and oxygen atoms in total. The third kappa shape index (κ3) is 34.6.